The average molecular weight is 463 g/mol. The molecule has 0 saturated carbocycles. The first kappa shape index (κ1) is 23.2. The second-order valence-corrected chi connectivity index (χ2v) is 9.86. The predicted molar refractivity (Wildman–Crippen MR) is 133 cm³/mol. The van der Waals surface area contributed by atoms with E-state index in [0.29, 0.717) is 22.6 Å². The molecule has 6 nitrogen and oxygen atoms in total. The van der Waals surface area contributed by atoms with Gasteiger partial charge in [0.05, 0.1) is 5.69 Å². The molecule has 0 bridgehead atoms. The van der Waals surface area contributed by atoms with Crippen LogP contribution in [0.15, 0.2) is 41.6 Å². The zero-order valence-corrected chi connectivity index (χ0v) is 20.9. The highest BCUT2D eigenvalue weighted by molar-refractivity contribution is 7.99. The van der Waals surface area contributed by atoms with Crippen molar-refractivity contribution in [3.8, 4) is 17.1 Å². The number of anilines is 1. The van der Waals surface area contributed by atoms with Crippen LogP contribution < -0.4 is 9.64 Å². The highest BCUT2D eigenvalue weighted by Gasteiger charge is 2.35. The van der Waals surface area contributed by atoms with Crippen LogP contribution in [0.25, 0.3) is 11.3 Å². The van der Waals surface area contributed by atoms with Crippen LogP contribution in [0.5, 0.6) is 5.88 Å². The van der Waals surface area contributed by atoms with Gasteiger partial charge < -0.3 is 4.74 Å². The first-order chi connectivity index (χ1) is 15.8. The molecule has 3 aromatic rings. The number of amides is 1. The third kappa shape index (κ3) is 4.74. The van der Waals surface area contributed by atoms with Crippen molar-refractivity contribution in [2.75, 3.05) is 10.7 Å². The number of aromatic nitrogens is 3. The molecule has 172 valence electrons. The number of hydrogen-bond donors (Lipinski definition) is 0. The highest BCUT2D eigenvalue weighted by Crippen LogP contribution is 2.44. The molecule has 7 heteroatoms. The molecule has 4 rings (SSSR count). The fraction of sp³-hybridized carbons (Fsp3) is 0.385. The number of carbonyl (C=O) groups is 1. The Bertz CT molecular complexity index is 1190. The molecule has 2 aromatic carbocycles. The summed E-state index contributed by atoms with van der Waals surface area (Å²) in [4.78, 5) is 19.5. The number of benzene rings is 2. The van der Waals surface area contributed by atoms with Crippen LogP contribution in [0.4, 0.5) is 5.69 Å². The summed E-state index contributed by atoms with van der Waals surface area (Å²) in [6.45, 7) is 12.1. The van der Waals surface area contributed by atoms with Gasteiger partial charge in [-0.3, -0.25) is 9.69 Å². The molecule has 0 fully saturated rings. The van der Waals surface area contributed by atoms with Crippen molar-refractivity contribution in [2.45, 2.75) is 59.3 Å². The van der Waals surface area contributed by atoms with Crippen molar-refractivity contribution >= 4 is 23.4 Å². The zero-order chi connectivity index (χ0) is 23.7. The molecule has 0 saturated heterocycles. The Labute approximate surface area is 199 Å². The summed E-state index contributed by atoms with van der Waals surface area (Å²) in [5.74, 6) is 1.68. The molecule has 1 aliphatic heterocycles. The van der Waals surface area contributed by atoms with E-state index in [1.165, 1.54) is 0 Å². The first-order valence-corrected chi connectivity index (χ1v) is 12.3. The Kier molecular flexibility index (Phi) is 6.70. The van der Waals surface area contributed by atoms with Crippen LogP contribution in [0, 0.1) is 19.8 Å². The number of fused-ring (bicyclic) bond motifs is 3. The van der Waals surface area contributed by atoms with Crippen LogP contribution >= 0.6 is 11.8 Å². The maximum atomic E-state index is 13.0. The van der Waals surface area contributed by atoms with Gasteiger partial charge in [0.15, 0.2) is 5.69 Å². The molecule has 0 spiro atoms. The van der Waals surface area contributed by atoms with Gasteiger partial charge >= 0.3 is 0 Å². The van der Waals surface area contributed by atoms with Gasteiger partial charge in [-0.15, -0.1) is 10.2 Å². The third-order valence-corrected chi connectivity index (χ3v) is 6.92. The average Bonchev–Trinajstić information content (AvgIpc) is 2.91. The fourth-order valence-corrected chi connectivity index (χ4v) is 4.71. The standard InChI is InChI=1S/C26H30N4O2S/c1-7-19-9-11-22-21(13-19)23-24(27-26(29-28-23)33-14-15(2)3)32-25(30(22)18(6)31)20-10-8-16(4)12-17(20)5/h8-13,15,25H,7,14H2,1-6H3/t25-/m0/s1. The minimum atomic E-state index is -0.657. The van der Waals surface area contributed by atoms with E-state index in [1.54, 1.807) is 23.6 Å². The van der Waals surface area contributed by atoms with Crippen molar-refractivity contribution in [1.82, 2.24) is 15.2 Å². The Balaban J connectivity index is 1.93. The van der Waals surface area contributed by atoms with E-state index in [1.807, 2.05) is 31.2 Å². The van der Waals surface area contributed by atoms with Gasteiger partial charge in [-0.05, 0) is 49.4 Å². The van der Waals surface area contributed by atoms with Crippen molar-refractivity contribution in [1.29, 1.82) is 0 Å². The molecule has 1 aliphatic rings. The second kappa shape index (κ2) is 9.51. The highest BCUT2D eigenvalue weighted by atomic mass is 32.2. The van der Waals surface area contributed by atoms with Crippen LogP contribution in [-0.2, 0) is 11.2 Å². The van der Waals surface area contributed by atoms with Crippen molar-refractivity contribution in [3.05, 3.63) is 58.7 Å². The Morgan fingerprint density at radius 1 is 1.15 bits per heavy atom. The van der Waals surface area contributed by atoms with Gasteiger partial charge in [0.1, 0.15) is 0 Å². The Morgan fingerprint density at radius 3 is 2.61 bits per heavy atom. The number of carbonyl (C=O) groups excluding carboxylic acids is 1. The molecule has 33 heavy (non-hydrogen) atoms. The van der Waals surface area contributed by atoms with E-state index in [4.69, 9.17) is 9.72 Å². The topological polar surface area (TPSA) is 68.2 Å². The number of aryl methyl sites for hydroxylation is 3. The largest absolute Gasteiger partial charge is 0.447 e. The molecule has 0 unspecified atom stereocenters. The van der Waals surface area contributed by atoms with E-state index in [0.717, 1.165) is 45.7 Å². The van der Waals surface area contributed by atoms with Gasteiger partial charge in [0.25, 0.3) is 0 Å². The monoisotopic (exact) mass is 462 g/mol. The SMILES string of the molecule is CCc1ccc2c(c1)-c1nnc(SCC(C)C)nc1O[C@@H](c1ccc(C)cc1C)N2C(C)=O. The molecule has 0 N–H and O–H groups in total. The van der Waals surface area contributed by atoms with Crippen molar-refractivity contribution < 1.29 is 9.53 Å². The lowest BCUT2D eigenvalue weighted by atomic mass is 10.0. The number of ether oxygens (including phenoxy) is 1. The molecule has 1 amide bonds. The Hall–Kier alpha value is -2.93. The summed E-state index contributed by atoms with van der Waals surface area (Å²) in [6, 6.07) is 12.3. The van der Waals surface area contributed by atoms with Crippen molar-refractivity contribution in [2.24, 2.45) is 5.92 Å². The van der Waals surface area contributed by atoms with Gasteiger partial charge in [0.2, 0.25) is 23.2 Å². The van der Waals surface area contributed by atoms with Gasteiger partial charge in [0, 0.05) is 23.8 Å². The number of rotatable bonds is 5. The lowest BCUT2D eigenvalue weighted by Crippen LogP contribution is -2.36. The maximum absolute atomic E-state index is 13.0. The number of nitrogens with zero attached hydrogens (tertiary/aromatic N) is 4. The molecule has 1 aromatic heterocycles. The normalized spacial score (nSPS) is 15.0. The van der Waals surface area contributed by atoms with Gasteiger partial charge in [-0.25, -0.2) is 0 Å². The summed E-state index contributed by atoms with van der Waals surface area (Å²) in [5, 5.41) is 9.49. The van der Waals surface area contributed by atoms with E-state index < -0.39 is 6.23 Å². The molecule has 0 radical (unpaired) electrons. The molecule has 2 heterocycles. The lowest BCUT2D eigenvalue weighted by Gasteiger charge is -2.31. The second-order valence-electron chi connectivity index (χ2n) is 8.88. The predicted octanol–water partition coefficient (Wildman–Crippen LogP) is 5.91. The minimum absolute atomic E-state index is 0.111. The summed E-state index contributed by atoms with van der Waals surface area (Å²) >= 11 is 1.56. The van der Waals surface area contributed by atoms with Crippen LogP contribution in [0.2, 0.25) is 0 Å². The molecular weight excluding hydrogens is 432 g/mol. The van der Waals surface area contributed by atoms with Crippen LogP contribution in [0.1, 0.15) is 56.2 Å². The van der Waals surface area contributed by atoms with Crippen LogP contribution in [0.3, 0.4) is 0 Å². The molecular formula is C26H30N4O2S. The summed E-state index contributed by atoms with van der Waals surface area (Å²) < 4.78 is 6.52. The van der Waals surface area contributed by atoms with E-state index >= 15 is 0 Å². The number of hydrogen-bond acceptors (Lipinski definition) is 6. The Morgan fingerprint density at radius 2 is 1.94 bits per heavy atom. The summed E-state index contributed by atoms with van der Waals surface area (Å²) in [6.07, 6.45) is 0.211. The van der Waals surface area contributed by atoms with Gasteiger partial charge in [-0.2, -0.15) is 4.98 Å². The van der Waals surface area contributed by atoms with Crippen molar-refractivity contribution in [3.63, 3.8) is 0 Å². The smallest absolute Gasteiger partial charge is 0.247 e. The zero-order valence-electron chi connectivity index (χ0n) is 20.0. The minimum Gasteiger partial charge on any atom is -0.447 e. The van der Waals surface area contributed by atoms with Crippen LogP contribution in [-0.4, -0.2) is 26.8 Å². The molecule has 0 aliphatic carbocycles. The van der Waals surface area contributed by atoms with Gasteiger partial charge in [-0.1, -0.05) is 62.4 Å². The third-order valence-electron chi connectivity index (χ3n) is 5.65. The molecule has 1 atom stereocenters. The lowest BCUT2D eigenvalue weighted by molar-refractivity contribution is -0.118. The van der Waals surface area contributed by atoms with E-state index in [2.05, 4.69) is 50.0 Å². The number of thioether (sulfide) groups is 1. The summed E-state index contributed by atoms with van der Waals surface area (Å²) in [7, 11) is 0. The quantitative estimate of drug-likeness (QED) is 0.439. The fourth-order valence-electron chi connectivity index (χ4n) is 3.98. The first-order valence-electron chi connectivity index (χ1n) is 11.3. The van der Waals surface area contributed by atoms with E-state index in [9.17, 15) is 4.79 Å². The summed E-state index contributed by atoms with van der Waals surface area (Å²) in [5.41, 5.74) is 6.40. The maximum Gasteiger partial charge on any atom is 0.247 e. The van der Waals surface area contributed by atoms with E-state index in [-0.39, 0.29) is 5.91 Å².